The molecule has 0 aromatic heterocycles. The molecule has 0 bridgehead atoms. The van der Waals surface area contributed by atoms with Crippen LogP contribution in [-0.2, 0) is 32.7 Å². The molecule has 0 spiro atoms. The number of carbonyl (C=O) groups excluding carboxylic acids is 2. The second-order valence-electron chi connectivity index (χ2n) is 19.1. The number of carbonyl (C=O) groups is 2. The maximum Gasteiger partial charge on any atom is 0.472 e. The fourth-order valence-electron chi connectivity index (χ4n) is 7.72. The Morgan fingerprint density at radius 1 is 0.400 bits per heavy atom. The van der Waals surface area contributed by atoms with E-state index in [0.717, 1.165) is 116 Å². The molecule has 10 heteroatoms. The van der Waals surface area contributed by atoms with Gasteiger partial charge in [0.2, 0.25) is 0 Å². The van der Waals surface area contributed by atoms with Crippen molar-refractivity contribution in [3.63, 3.8) is 0 Å². The van der Waals surface area contributed by atoms with Gasteiger partial charge in [-0.05, 0) is 109 Å². The summed E-state index contributed by atoms with van der Waals surface area (Å²) in [6.45, 7) is 3.48. The number of esters is 2. The molecular weight excluding hydrogens is 954 g/mol. The number of phosphoric ester groups is 1. The molecule has 2 unspecified atom stereocenters. The normalized spacial score (nSPS) is 14.0. The van der Waals surface area contributed by atoms with E-state index in [2.05, 4.69) is 148 Å². The van der Waals surface area contributed by atoms with E-state index in [-0.39, 0.29) is 32.6 Å². The van der Waals surface area contributed by atoms with Gasteiger partial charge < -0.3 is 20.1 Å². The Hall–Kier alpha value is -3.85. The number of unbranched alkanes of at least 4 members (excludes halogenated alkanes) is 19. The summed E-state index contributed by atoms with van der Waals surface area (Å²) in [5, 5.41) is 0. The summed E-state index contributed by atoms with van der Waals surface area (Å²) in [7, 11) is -4.40. The van der Waals surface area contributed by atoms with Crippen molar-refractivity contribution in [1.29, 1.82) is 0 Å². The van der Waals surface area contributed by atoms with Gasteiger partial charge in [0.15, 0.2) is 6.10 Å². The van der Waals surface area contributed by atoms with Crippen molar-refractivity contribution in [2.45, 2.75) is 238 Å². The Kier molecular flexibility index (Phi) is 56.3. The highest BCUT2D eigenvalue weighted by molar-refractivity contribution is 7.47. The van der Waals surface area contributed by atoms with Crippen LogP contribution < -0.4 is 5.73 Å². The minimum absolute atomic E-state index is 0.0440. The zero-order valence-electron chi connectivity index (χ0n) is 47.5. The van der Waals surface area contributed by atoms with Crippen molar-refractivity contribution < 1.29 is 37.6 Å². The van der Waals surface area contributed by atoms with Crippen LogP contribution in [0.5, 0.6) is 0 Å². The van der Waals surface area contributed by atoms with Crippen LogP contribution in [0, 0.1) is 0 Å². The molecule has 0 radical (unpaired) electrons. The maximum atomic E-state index is 12.7. The minimum Gasteiger partial charge on any atom is -0.462 e. The first kappa shape index (κ1) is 71.2. The quantitative estimate of drug-likeness (QED) is 0.0264. The number of nitrogens with two attached hydrogens (primary N) is 1. The van der Waals surface area contributed by atoms with Gasteiger partial charge in [-0.2, -0.15) is 0 Å². The molecule has 0 fully saturated rings. The van der Waals surface area contributed by atoms with Crippen molar-refractivity contribution in [2.24, 2.45) is 5.73 Å². The minimum atomic E-state index is -4.40. The average molecular weight is 1060 g/mol. The maximum absolute atomic E-state index is 12.7. The molecule has 75 heavy (non-hydrogen) atoms. The number of allylic oxidation sites excluding steroid dienone is 22. The summed E-state index contributed by atoms with van der Waals surface area (Å²) in [6.07, 6.45) is 83.7. The van der Waals surface area contributed by atoms with Gasteiger partial charge in [-0.25, -0.2) is 4.57 Å². The fraction of sp³-hybridized carbons (Fsp3) is 0.631. The van der Waals surface area contributed by atoms with E-state index >= 15 is 0 Å². The molecule has 0 saturated carbocycles. The second kappa shape index (κ2) is 59.4. The first-order chi connectivity index (χ1) is 36.8. The van der Waals surface area contributed by atoms with Crippen molar-refractivity contribution in [3.8, 4) is 0 Å². The zero-order chi connectivity index (χ0) is 54.5. The van der Waals surface area contributed by atoms with E-state index in [4.69, 9.17) is 24.3 Å². The molecule has 0 aliphatic rings. The Bertz CT molecular complexity index is 1680. The molecule has 0 aromatic carbocycles. The van der Waals surface area contributed by atoms with E-state index in [9.17, 15) is 19.0 Å². The highest BCUT2D eigenvalue weighted by Crippen LogP contribution is 2.43. The molecule has 0 aliphatic heterocycles. The standard InChI is InChI=1S/C65H108NO8P/c1-3-5-7-9-11-13-15-17-19-21-22-23-24-25-26-27-28-29-30-31-32-33-34-35-36-37-38-39-40-42-44-46-48-50-52-54-56-58-65(68)74-63(62-73-75(69,70)72-60-59-66)61-71-64(67)57-55-53-51-49-47-45-43-41-20-18-16-14-12-10-8-6-4-2/h5-8,11-14,17-20,22-23,25-26,28-29,31-32,43,45,63H,3-4,9-10,15-16,21,24,27,30,33-42,44,46-62,66H2,1-2H3,(H,69,70)/b7-5-,8-6-,13-11-,14-12-,19-17-,20-18-,23-22-,26-25-,29-28-,32-31-,45-43-. The third-order valence-corrected chi connectivity index (χ3v) is 13.0. The molecule has 0 amide bonds. The number of hydrogen-bond donors (Lipinski definition) is 2. The number of phosphoric acid groups is 1. The van der Waals surface area contributed by atoms with Gasteiger partial charge in [0.05, 0.1) is 13.2 Å². The van der Waals surface area contributed by atoms with E-state index in [1.807, 2.05) is 0 Å². The van der Waals surface area contributed by atoms with Gasteiger partial charge in [0.1, 0.15) is 6.61 Å². The summed E-state index contributed by atoms with van der Waals surface area (Å²) in [5.41, 5.74) is 5.38. The molecular formula is C65H108NO8P. The lowest BCUT2D eigenvalue weighted by molar-refractivity contribution is -0.161. The monoisotopic (exact) mass is 1060 g/mol. The third-order valence-electron chi connectivity index (χ3n) is 12.0. The van der Waals surface area contributed by atoms with Crippen LogP contribution in [-0.4, -0.2) is 49.3 Å². The largest absolute Gasteiger partial charge is 0.472 e. The third kappa shape index (κ3) is 59.3. The lowest BCUT2D eigenvalue weighted by Gasteiger charge is -2.19. The van der Waals surface area contributed by atoms with Crippen LogP contribution in [0.3, 0.4) is 0 Å². The van der Waals surface area contributed by atoms with Gasteiger partial charge in [-0.3, -0.25) is 18.6 Å². The van der Waals surface area contributed by atoms with Crippen LogP contribution in [0.2, 0.25) is 0 Å². The summed E-state index contributed by atoms with van der Waals surface area (Å²) in [5.74, 6) is -0.861. The second-order valence-corrected chi connectivity index (χ2v) is 20.6. The zero-order valence-corrected chi connectivity index (χ0v) is 48.4. The molecule has 426 valence electrons. The van der Waals surface area contributed by atoms with Crippen molar-refractivity contribution in [2.75, 3.05) is 26.4 Å². The highest BCUT2D eigenvalue weighted by Gasteiger charge is 2.26. The van der Waals surface area contributed by atoms with Crippen molar-refractivity contribution in [3.05, 3.63) is 134 Å². The first-order valence-corrected chi connectivity index (χ1v) is 31.2. The van der Waals surface area contributed by atoms with Crippen LogP contribution in [0.4, 0.5) is 0 Å². The first-order valence-electron chi connectivity index (χ1n) is 29.7. The number of ether oxygens (including phenoxy) is 2. The smallest absolute Gasteiger partial charge is 0.462 e. The Labute approximate surface area is 459 Å². The molecule has 2 atom stereocenters. The number of rotatable bonds is 54. The summed E-state index contributed by atoms with van der Waals surface area (Å²) >= 11 is 0. The van der Waals surface area contributed by atoms with E-state index in [0.29, 0.717) is 12.8 Å². The molecule has 0 saturated heterocycles. The lowest BCUT2D eigenvalue weighted by atomic mass is 10.0. The lowest BCUT2D eigenvalue weighted by Crippen LogP contribution is -2.29. The Morgan fingerprint density at radius 2 is 0.693 bits per heavy atom. The molecule has 0 aromatic rings. The van der Waals surface area contributed by atoms with Crippen LogP contribution >= 0.6 is 7.82 Å². The van der Waals surface area contributed by atoms with Crippen molar-refractivity contribution in [1.82, 2.24) is 0 Å². The number of hydrogen-bond acceptors (Lipinski definition) is 8. The molecule has 0 rings (SSSR count). The molecule has 9 nitrogen and oxygen atoms in total. The molecule has 0 aliphatic carbocycles. The Balaban J connectivity index is 3.94. The SMILES string of the molecule is CC/C=C\C/C=C\C/C=C\C/C=C\C/C=C\C/C=C\C/C=C\CCCCCCCCCCCCCCCCCC(=O)OC(COC(=O)CCCCCC/C=C\C/C=C\C/C=C\C/C=C\CC)COP(=O)(O)OCCN. The van der Waals surface area contributed by atoms with E-state index in [1.165, 1.54) is 77.0 Å². The van der Waals surface area contributed by atoms with Crippen LogP contribution in [0.1, 0.15) is 232 Å². The fourth-order valence-corrected chi connectivity index (χ4v) is 8.49. The van der Waals surface area contributed by atoms with Gasteiger partial charge in [0.25, 0.3) is 0 Å². The average Bonchev–Trinajstić information content (AvgIpc) is 3.40. The van der Waals surface area contributed by atoms with Gasteiger partial charge >= 0.3 is 19.8 Å². The predicted octanol–water partition coefficient (Wildman–Crippen LogP) is 19.0. The predicted molar refractivity (Wildman–Crippen MR) is 320 cm³/mol. The summed E-state index contributed by atoms with van der Waals surface area (Å²) < 4.78 is 33.0. The van der Waals surface area contributed by atoms with Gasteiger partial charge in [-0.1, -0.05) is 244 Å². The molecule has 3 N–H and O–H groups in total. The topological polar surface area (TPSA) is 134 Å². The highest BCUT2D eigenvalue weighted by atomic mass is 31.2. The summed E-state index contributed by atoms with van der Waals surface area (Å²) in [4.78, 5) is 35.2. The molecule has 0 heterocycles. The van der Waals surface area contributed by atoms with Gasteiger partial charge in [0, 0.05) is 19.4 Å². The van der Waals surface area contributed by atoms with Crippen LogP contribution in [0.25, 0.3) is 0 Å². The van der Waals surface area contributed by atoms with Crippen LogP contribution in [0.15, 0.2) is 134 Å². The van der Waals surface area contributed by atoms with E-state index in [1.54, 1.807) is 0 Å². The van der Waals surface area contributed by atoms with E-state index < -0.39 is 32.5 Å². The summed E-state index contributed by atoms with van der Waals surface area (Å²) in [6, 6.07) is 0. The Morgan fingerprint density at radius 3 is 1.03 bits per heavy atom. The van der Waals surface area contributed by atoms with Crippen molar-refractivity contribution >= 4 is 19.8 Å². The van der Waals surface area contributed by atoms with Gasteiger partial charge in [-0.15, -0.1) is 0 Å².